The fourth-order valence-corrected chi connectivity index (χ4v) is 0.969. The van der Waals surface area contributed by atoms with E-state index in [-0.39, 0.29) is 0 Å². The normalized spacial score (nSPS) is 9.64. The summed E-state index contributed by atoms with van der Waals surface area (Å²) in [4.78, 5) is 0. The molecule has 0 unspecified atom stereocenters. The van der Waals surface area contributed by atoms with E-state index in [2.05, 4.69) is 27.6 Å². The molecule has 0 aliphatic carbocycles. The molecule has 0 radical (unpaired) electrons. The second-order valence-electron chi connectivity index (χ2n) is 2.10. The third-order valence-electron chi connectivity index (χ3n) is 1.18. The lowest BCUT2D eigenvalue weighted by atomic mass is 10.6. The summed E-state index contributed by atoms with van der Waals surface area (Å²) >= 11 is 3.25. The van der Waals surface area contributed by atoms with Crippen molar-refractivity contribution >= 4 is 15.9 Å². The van der Waals surface area contributed by atoms with Crippen LogP contribution < -0.4 is 4.74 Å². The highest BCUT2D eigenvalue weighted by molar-refractivity contribution is 9.11. The minimum Gasteiger partial charge on any atom is -0.493 e. The van der Waals surface area contributed by atoms with Crippen molar-refractivity contribution in [3.05, 3.63) is 23.5 Å². The van der Waals surface area contributed by atoms with Gasteiger partial charge in [-0.3, -0.25) is 4.68 Å². The molecule has 0 aromatic carbocycles. The first kappa shape index (κ1) is 8.33. The summed E-state index contributed by atoms with van der Waals surface area (Å²) in [7, 11) is 1.62. The summed E-state index contributed by atoms with van der Waals surface area (Å²) < 4.78 is 7.59. The second kappa shape index (κ2) is 3.57. The van der Waals surface area contributed by atoms with Crippen LogP contribution in [0.5, 0.6) is 5.75 Å². The highest BCUT2D eigenvalue weighted by Gasteiger charge is 1.96. The number of methoxy groups -OCH3 is 1. The van der Waals surface area contributed by atoms with E-state index in [4.69, 9.17) is 4.74 Å². The summed E-state index contributed by atoms with van der Waals surface area (Å²) in [6.45, 7) is 4.37. The second-order valence-corrected chi connectivity index (χ2v) is 3.22. The number of hydrogen-bond donors (Lipinski definition) is 0. The molecule has 0 bridgehead atoms. The summed E-state index contributed by atoms with van der Waals surface area (Å²) in [5.41, 5.74) is 0. The Kier molecular flexibility index (Phi) is 2.70. The third-order valence-corrected chi connectivity index (χ3v) is 1.43. The summed E-state index contributed by atoms with van der Waals surface area (Å²) in [6.07, 6.45) is 3.47. The molecule has 0 aliphatic heterocycles. The maximum Gasteiger partial charge on any atom is 0.156 e. The van der Waals surface area contributed by atoms with Crippen molar-refractivity contribution in [2.75, 3.05) is 7.11 Å². The molecular weight excluding hydrogens is 208 g/mol. The Balaban J connectivity index is 2.65. The van der Waals surface area contributed by atoms with Gasteiger partial charge in [0.05, 0.1) is 26.0 Å². The van der Waals surface area contributed by atoms with Gasteiger partial charge in [0.15, 0.2) is 5.75 Å². The molecule has 0 aliphatic rings. The number of rotatable bonds is 3. The van der Waals surface area contributed by atoms with Gasteiger partial charge < -0.3 is 4.74 Å². The van der Waals surface area contributed by atoms with Crippen LogP contribution in [0.4, 0.5) is 0 Å². The Bertz CT molecular complexity index is 257. The zero-order valence-corrected chi connectivity index (χ0v) is 7.84. The molecule has 1 rings (SSSR count). The van der Waals surface area contributed by atoms with E-state index in [1.165, 1.54) is 0 Å². The molecule has 1 heterocycles. The van der Waals surface area contributed by atoms with Crippen LogP contribution in [-0.2, 0) is 6.54 Å². The smallest absolute Gasteiger partial charge is 0.156 e. The highest BCUT2D eigenvalue weighted by atomic mass is 79.9. The lowest BCUT2D eigenvalue weighted by molar-refractivity contribution is 0.414. The van der Waals surface area contributed by atoms with Crippen LogP contribution in [0.1, 0.15) is 0 Å². The van der Waals surface area contributed by atoms with Crippen molar-refractivity contribution in [1.82, 2.24) is 9.78 Å². The van der Waals surface area contributed by atoms with E-state index in [1.54, 1.807) is 18.0 Å². The SMILES string of the molecule is C=C(Br)Cn1cc(OC)cn1. The number of aromatic nitrogens is 2. The first-order chi connectivity index (χ1) is 5.22. The van der Waals surface area contributed by atoms with Crippen molar-refractivity contribution in [1.29, 1.82) is 0 Å². The molecule has 11 heavy (non-hydrogen) atoms. The molecule has 0 amide bonds. The predicted octanol–water partition coefficient (Wildman–Crippen LogP) is 1.80. The van der Waals surface area contributed by atoms with E-state index in [9.17, 15) is 0 Å². The fourth-order valence-electron chi connectivity index (χ4n) is 0.712. The van der Waals surface area contributed by atoms with E-state index in [0.717, 1.165) is 10.2 Å². The Hall–Kier alpha value is -0.770. The lowest BCUT2D eigenvalue weighted by Gasteiger charge is -1.96. The highest BCUT2D eigenvalue weighted by Crippen LogP contribution is 2.10. The number of nitrogens with zero attached hydrogens (tertiary/aromatic N) is 2. The van der Waals surface area contributed by atoms with Gasteiger partial charge in [0.2, 0.25) is 0 Å². The van der Waals surface area contributed by atoms with Gasteiger partial charge in [0, 0.05) is 4.48 Å². The minimum atomic E-state index is 0.670. The predicted molar refractivity (Wildman–Crippen MR) is 46.8 cm³/mol. The van der Waals surface area contributed by atoms with Gasteiger partial charge in [-0.15, -0.1) is 0 Å². The van der Waals surface area contributed by atoms with Gasteiger partial charge in [-0.05, 0) is 0 Å². The van der Waals surface area contributed by atoms with Crippen LogP contribution in [0, 0.1) is 0 Å². The van der Waals surface area contributed by atoms with Gasteiger partial charge in [-0.1, -0.05) is 22.5 Å². The quantitative estimate of drug-likeness (QED) is 0.771. The van der Waals surface area contributed by atoms with Gasteiger partial charge in [0.25, 0.3) is 0 Å². The third kappa shape index (κ3) is 2.38. The van der Waals surface area contributed by atoms with Crippen molar-refractivity contribution in [3.8, 4) is 5.75 Å². The molecule has 0 fully saturated rings. The largest absolute Gasteiger partial charge is 0.493 e. The van der Waals surface area contributed by atoms with Gasteiger partial charge >= 0.3 is 0 Å². The van der Waals surface area contributed by atoms with E-state index < -0.39 is 0 Å². The number of ether oxygens (including phenoxy) is 1. The van der Waals surface area contributed by atoms with E-state index in [0.29, 0.717) is 6.54 Å². The van der Waals surface area contributed by atoms with Crippen molar-refractivity contribution in [2.45, 2.75) is 6.54 Å². The molecule has 0 saturated heterocycles. The molecule has 0 spiro atoms. The Morgan fingerprint density at radius 2 is 2.64 bits per heavy atom. The van der Waals surface area contributed by atoms with Crippen LogP contribution in [-0.4, -0.2) is 16.9 Å². The monoisotopic (exact) mass is 216 g/mol. The zero-order valence-electron chi connectivity index (χ0n) is 6.25. The summed E-state index contributed by atoms with van der Waals surface area (Å²) in [6, 6.07) is 0. The van der Waals surface area contributed by atoms with Crippen molar-refractivity contribution < 1.29 is 4.74 Å². The minimum absolute atomic E-state index is 0.670. The maximum atomic E-state index is 4.95. The molecule has 3 nitrogen and oxygen atoms in total. The van der Waals surface area contributed by atoms with E-state index in [1.807, 2.05) is 6.20 Å². The number of halogens is 1. The first-order valence-corrected chi connectivity index (χ1v) is 3.91. The standard InChI is InChI=1S/C7H9BrN2O/c1-6(8)4-10-5-7(11-2)3-9-10/h3,5H,1,4H2,2H3. The van der Waals surface area contributed by atoms with Crippen molar-refractivity contribution in [3.63, 3.8) is 0 Å². The van der Waals surface area contributed by atoms with Gasteiger partial charge in [-0.2, -0.15) is 5.10 Å². The zero-order chi connectivity index (χ0) is 8.27. The van der Waals surface area contributed by atoms with Crippen LogP contribution in [0.25, 0.3) is 0 Å². The molecule has 0 atom stereocenters. The molecule has 0 N–H and O–H groups in total. The molecule has 1 aromatic rings. The molecule has 1 aromatic heterocycles. The Labute approximate surface area is 73.8 Å². The number of hydrogen-bond acceptors (Lipinski definition) is 2. The number of allylic oxidation sites excluding steroid dienone is 1. The molecular formula is C7H9BrN2O. The topological polar surface area (TPSA) is 27.1 Å². The van der Waals surface area contributed by atoms with Crippen LogP contribution in [0.3, 0.4) is 0 Å². The molecule has 0 saturated carbocycles. The lowest BCUT2D eigenvalue weighted by Crippen LogP contribution is -1.96. The van der Waals surface area contributed by atoms with Crippen LogP contribution >= 0.6 is 15.9 Å². The average Bonchev–Trinajstić information content (AvgIpc) is 2.34. The summed E-state index contributed by atoms with van der Waals surface area (Å²) in [5.74, 6) is 0.763. The molecule has 60 valence electrons. The Morgan fingerprint density at radius 3 is 3.09 bits per heavy atom. The fraction of sp³-hybridized carbons (Fsp3) is 0.286. The average molecular weight is 217 g/mol. The van der Waals surface area contributed by atoms with Crippen molar-refractivity contribution in [2.24, 2.45) is 0 Å². The van der Waals surface area contributed by atoms with Gasteiger partial charge in [-0.25, -0.2) is 0 Å². The van der Waals surface area contributed by atoms with Crippen LogP contribution in [0.2, 0.25) is 0 Å². The van der Waals surface area contributed by atoms with E-state index >= 15 is 0 Å². The first-order valence-electron chi connectivity index (χ1n) is 3.12. The maximum absolute atomic E-state index is 4.95. The van der Waals surface area contributed by atoms with Gasteiger partial charge in [0.1, 0.15) is 0 Å². The molecule has 4 heteroatoms. The Morgan fingerprint density at radius 1 is 1.91 bits per heavy atom. The summed E-state index contributed by atoms with van der Waals surface area (Å²) in [5, 5.41) is 4.03. The van der Waals surface area contributed by atoms with Crippen LogP contribution in [0.15, 0.2) is 23.5 Å².